The third-order valence-corrected chi connectivity index (χ3v) is 3.76. The standard InChI is InChI=1S/C13H20BNO3/c1-9-7-11(16-6)10(8-15-9)14-17-12(2,3)13(4,5)18-14/h7-8H,1-6H3. The molecule has 1 aromatic rings. The summed E-state index contributed by atoms with van der Waals surface area (Å²) in [7, 11) is 1.21. The van der Waals surface area contributed by atoms with Gasteiger partial charge in [-0.1, -0.05) is 0 Å². The van der Waals surface area contributed by atoms with Crippen LogP contribution in [-0.4, -0.2) is 30.4 Å². The van der Waals surface area contributed by atoms with E-state index in [1.807, 2.05) is 40.7 Å². The van der Waals surface area contributed by atoms with Gasteiger partial charge in [0.2, 0.25) is 0 Å². The van der Waals surface area contributed by atoms with Crippen LogP contribution in [0.2, 0.25) is 0 Å². The Labute approximate surface area is 109 Å². The summed E-state index contributed by atoms with van der Waals surface area (Å²) in [6.07, 6.45) is 1.76. The highest BCUT2D eigenvalue weighted by Crippen LogP contribution is 2.37. The summed E-state index contributed by atoms with van der Waals surface area (Å²) in [5, 5.41) is 0. The summed E-state index contributed by atoms with van der Waals surface area (Å²) in [6, 6.07) is 1.89. The average molecular weight is 249 g/mol. The zero-order chi connectivity index (χ0) is 13.6. The first kappa shape index (κ1) is 13.4. The second-order valence-corrected chi connectivity index (χ2v) is 5.66. The number of ether oxygens (including phenoxy) is 1. The molecular formula is C13H20BNO3. The van der Waals surface area contributed by atoms with Crippen molar-refractivity contribution in [1.29, 1.82) is 0 Å². The lowest BCUT2D eigenvalue weighted by atomic mass is 9.79. The van der Waals surface area contributed by atoms with Gasteiger partial charge in [0.25, 0.3) is 0 Å². The summed E-state index contributed by atoms with van der Waals surface area (Å²) in [6.45, 7) is 10.0. The van der Waals surface area contributed by atoms with Crippen molar-refractivity contribution in [3.8, 4) is 5.75 Å². The fourth-order valence-electron chi connectivity index (χ4n) is 1.87. The average Bonchev–Trinajstić information content (AvgIpc) is 2.47. The Kier molecular flexibility index (Phi) is 3.15. The Bertz CT molecular complexity index is 444. The van der Waals surface area contributed by atoms with E-state index in [-0.39, 0.29) is 11.2 Å². The molecule has 0 N–H and O–H groups in total. The van der Waals surface area contributed by atoms with Gasteiger partial charge in [0, 0.05) is 23.4 Å². The lowest BCUT2D eigenvalue weighted by Crippen LogP contribution is -2.41. The first-order valence-corrected chi connectivity index (χ1v) is 6.13. The first-order valence-electron chi connectivity index (χ1n) is 6.13. The molecule has 4 nitrogen and oxygen atoms in total. The molecule has 5 heteroatoms. The van der Waals surface area contributed by atoms with Crippen LogP contribution in [0, 0.1) is 6.92 Å². The van der Waals surface area contributed by atoms with E-state index in [1.54, 1.807) is 13.3 Å². The zero-order valence-corrected chi connectivity index (χ0v) is 11.9. The van der Waals surface area contributed by atoms with Crippen molar-refractivity contribution in [1.82, 2.24) is 4.98 Å². The molecule has 1 aliphatic rings. The Morgan fingerprint density at radius 2 is 1.72 bits per heavy atom. The van der Waals surface area contributed by atoms with Gasteiger partial charge < -0.3 is 14.0 Å². The summed E-state index contributed by atoms with van der Waals surface area (Å²) >= 11 is 0. The van der Waals surface area contributed by atoms with E-state index in [0.717, 1.165) is 16.9 Å². The fourth-order valence-corrected chi connectivity index (χ4v) is 1.87. The molecule has 0 spiro atoms. The molecule has 1 aromatic heterocycles. The molecule has 1 fully saturated rings. The van der Waals surface area contributed by atoms with E-state index in [1.165, 1.54) is 0 Å². The van der Waals surface area contributed by atoms with Crippen molar-refractivity contribution in [3.05, 3.63) is 18.0 Å². The number of aryl methyl sites for hydroxylation is 1. The van der Waals surface area contributed by atoms with Crippen LogP contribution in [0.4, 0.5) is 0 Å². The van der Waals surface area contributed by atoms with Crippen LogP contribution < -0.4 is 10.2 Å². The van der Waals surface area contributed by atoms with Crippen molar-refractivity contribution in [2.24, 2.45) is 0 Å². The van der Waals surface area contributed by atoms with Gasteiger partial charge in [0.1, 0.15) is 5.75 Å². The lowest BCUT2D eigenvalue weighted by molar-refractivity contribution is 0.00578. The van der Waals surface area contributed by atoms with Gasteiger partial charge in [-0.15, -0.1) is 0 Å². The molecule has 98 valence electrons. The number of methoxy groups -OCH3 is 1. The third kappa shape index (κ3) is 2.13. The van der Waals surface area contributed by atoms with Crippen molar-refractivity contribution in [3.63, 3.8) is 0 Å². The van der Waals surface area contributed by atoms with Crippen LogP contribution in [0.3, 0.4) is 0 Å². The Hall–Kier alpha value is -1.07. The van der Waals surface area contributed by atoms with E-state index in [2.05, 4.69) is 4.98 Å². The van der Waals surface area contributed by atoms with E-state index < -0.39 is 7.12 Å². The number of hydrogen-bond acceptors (Lipinski definition) is 4. The largest absolute Gasteiger partial charge is 0.500 e. The maximum atomic E-state index is 5.99. The topological polar surface area (TPSA) is 40.6 Å². The highest BCUT2D eigenvalue weighted by Gasteiger charge is 2.52. The third-order valence-electron chi connectivity index (χ3n) is 3.76. The molecule has 1 saturated heterocycles. The molecule has 0 saturated carbocycles. The molecule has 0 amide bonds. The molecule has 0 radical (unpaired) electrons. The van der Waals surface area contributed by atoms with Gasteiger partial charge in [-0.05, 0) is 34.6 Å². The van der Waals surface area contributed by atoms with E-state index >= 15 is 0 Å². The van der Waals surface area contributed by atoms with Gasteiger partial charge >= 0.3 is 7.12 Å². The van der Waals surface area contributed by atoms with Gasteiger partial charge in [-0.2, -0.15) is 0 Å². The molecule has 2 rings (SSSR count). The monoisotopic (exact) mass is 249 g/mol. The Morgan fingerprint density at radius 1 is 1.17 bits per heavy atom. The van der Waals surface area contributed by atoms with Gasteiger partial charge in [0.05, 0.1) is 18.3 Å². The van der Waals surface area contributed by atoms with Crippen molar-refractivity contribution in [2.75, 3.05) is 7.11 Å². The van der Waals surface area contributed by atoms with Gasteiger partial charge in [-0.3, -0.25) is 4.98 Å². The number of aromatic nitrogens is 1. The number of pyridine rings is 1. The summed E-state index contributed by atoms with van der Waals surface area (Å²) in [4.78, 5) is 4.29. The van der Waals surface area contributed by atoms with Crippen LogP contribution in [0.1, 0.15) is 33.4 Å². The summed E-state index contributed by atoms with van der Waals surface area (Å²) in [5.41, 5.74) is 1.04. The Morgan fingerprint density at radius 3 is 2.22 bits per heavy atom. The van der Waals surface area contributed by atoms with Crippen molar-refractivity contribution < 1.29 is 14.0 Å². The van der Waals surface area contributed by atoms with Gasteiger partial charge in [0.15, 0.2) is 0 Å². The Balaban J connectivity index is 2.35. The SMILES string of the molecule is COc1cc(C)ncc1B1OC(C)(C)C(C)(C)O1. The van der Waals surface area contributed by atoms with Crippen molar-refractivity contribution in [2.45, 2.75) is 45.8 Å². The zero-order valence-electron chi connectivity index (χ0n) is 11.9. The van der Waals surface area contributed by atoms with E-state index in [0.29, 0.717) is 0 Å². The molecule has 2 heterocycles. The molecule has 1 aliphatic heterocycles. The maximum absolute atomic E-state index is 5.99. The molecule has 0 aromatic carbocycles. The predicted molar refractivity (Wildman–Crippen MR) is 71.2 cm³/mol. The second-order valence-electron chi connectivity index (χ2n) is 5.66. The fraction of sp³-hybridized carbons (Fsp3) is 0.615. The minimum Gasteiger partial charge on any atom is -0.497 e. The minimum absolute atomic E-state index is 0.354. The molecule has 0 atom stereocenters. The molecule has 0 aliphatic carbocycles. The molecular weight excluding hydrogens is 229 g/mol. The minimum atomic E-state index is -0.432. The van der Waals surface area contributed by atoms with E-state index in [4.69, 9.17) is 14.0 Å². The van der Waals surface area contributed by atoms with Crippen LogP contribution in [0.5, 0.6) is 5.75 Å². The highest BCUT2D eigenvalue weighted by molar-refractivity contribution is 6.63. The van der Waals surface area contributed by atoms with Crippen LogP contribution in [0.15, 0.2) is 12.3 Å². The number of rotatable bonds is 2. The summed E-state index contributed by atoms with van der Waals surface area (Å²) in [5.74, 6) is 0.751. The first-order chi connectivity index (χ1) is 8.27. The predicted octanol–water partition coefficient (Wildman–Crippen LogP) is 1.70. The van der Waals surface area contributed by atoms with Crippen molar-refractivity contribution >= 4 is 12.6 Å². The van der Waals surface area contributed by atoms with Gasteiger partial charge in [-0.25, -0.2) is 0 Å². The van der Waals surface area contributed by atoms with Crippen LogP contribution >= 0.6 is 0 Å². The number of nitrogens with zero attached hydrogens (tertiary/aromatic N) is 1. The quantitative estimate of drug-likeness (QED) is 0.748. The smallest absolute Gasteiger partial charge is 0.497 e. The number of hydrogen-bond donors (Lipinski definition) is 0. The molecule has 18 heavy (non-hydrogen) atoms. The molecule has 0 bridgehead atoms. The van der Waals surface area contributed by atoms with Crippen LogP contribution in [-0.2, 0) is 9.31 Å². The highest BCUT2D eigenvalue weighted by atomic mass is 16.7. The maximum Gasteiger partial charge on any atom is 0.500 e. The second kappa shape index (κ2) is 4.25. The molecule has 0 unspecified atom stereocenters. The summed E-state index contributed by atoms with van der Waals surface area (Å²) < 4.78 is 17.4. The van der Waals surface area contributed by atoms with E-state index in [9.17, 15) is 0 Å². The van der Waals surface area contributed by atoms with Crippen LogP contribution in [0.25, 0.3) is 0 Å². The lowest BCUT2D eigenvalue weighted by Gasteiger charge is -2.32. The normalized spacial score (nSPS) is 21.1.